The van der Waals surface area contributed by atoms with E-state index in [-0.39, 0.29) is 0 Å². The number of para-hydroxylation sites is 1. The van der Waals surface area contributed by atoms with Crippen LogP contribution in [0.2, 0.25) is 0 Å². The Bertz CT molecular complexity index is 659. The molecular formula is C19H28N4O2. The first-order valence-electron chi connectivity index (χ1n) is 9.10. The molecule has 1 aliphatic heterocycles. The summed E-state index contributed by atoms with van der Waals surface area (Å²) in [6.45, 7) is 6.71. The molecule has 2 heterocycles. The van der Waals surface area contributed by atoms with Crippen molar-refractivity contribution in [3.05, 3.63) is 42.0 Å². The quantitative estimate of drug-likeness (QED) is 0.834. The highest BCUT2D eigenvalue weighted by molar-refractivity contribution is 5.20. The third-order valence-electron chi connectivity index (χ3n) is 4.73. The van der Waals surface area contributed by atoms with Crippen LogP contribution in [0.5, 0.6) is 5.75 Å². The number of benzene rings is 1. The minimum Gasteiger partial charge on any atom is -0.491 e. The van der Waals surface area contributed by atoms with Gasteiger partial charge < -0.3 is 9.84 Å². The third-order valence-corrected chi connectivity index (χ3v) is 4.73. The van der Waals surface area contributed by atoms with E-state index in [4.69, 9.17) is 4.74 Å². The molecule has 25 heavy (non-hydrogen) atoms. The summed E-state index contributed by atoms with van der Waals surface area (Å²) in [5, 5.41) is 14.9. The second-order valence-corrected chi connectivity index (χ2v) is 6.81. The Morgan fingerprint density at radius 3 is 2.76 bits per heavy atom. The molecule has 1 N–H and O–H groups in total. The van der Waals surface area contributed by atoms with Crippen molar-refractivity contribution in [3.8, 4) is 5.75 Å². The fraction of sp³-hybridized carbons (Fsp3) is 0.579. The predicted octanol–water partition coefficient (Wildman–Crippen LogP) is 2.19. The molecule has 1 fully saturated rings. The van der Waals surface area contributed by atoms with Crippen molar-refractivity contribution in [2.24, 2.45) is 0 Å². The maximum Gasteiger partial charge on any atom is 0.147 e. The lowest BCUT2D eigenvalue weighted by Crippen LogP contribution is -2.47. The molecule has 1 aliphatic rings. The predicted molar refractivity (Wildman–Crippen MR) is 96.7 cm³/mol. The molecule has 0 amide bonds. The number of piperidine rings is 1. The molecule has 0 aliphatic carbocycles. The molecule has 2 atom stereocenters. The van der Waals surface area contributed by atoms with E-state index < -0.39 is 6.10 Å². The maximum atomic E-state index is 10.4. The minimum atomic E-state index is -0.501. The fourth-order valence-electron chi connectivity index (χ4n) is 3.47. The summed E-state index contributed by atoms with van der Waals surface area (Å²) in [4.78, 5) is 6.76. The largest absolute Gasteiger partial charge is 0.491 e. The van der Waals surface area contributed by atoms with Gasteiger partial charge in [0.25, 0.3) is 0 Å². The normalized spacial score (nSPS) is 19.7. The van der Waals surface area contributed by atoms with Crippen LogP contribution in [-0.2, 0) is 6.54 Å². The van der Waals surface area contributed by atoms with E-state index in [0.29, 0.717) is 19.2 Å². The van der Waals surface area contributed by atoms with Gasteiger partial charge in [0.15, 0.2) is 0 Å². The van der Waals surface area contributed by atoms with Crippen LogP contribution >= 0.6 is 0 Å². The molecule has 136 valence electrons. The summed E-state index contributed by atoms with van der Waals surface area (Å²) in [7, 11) is 0. The fourth-order valence-corrected chi connectivity index (χ4v) is 3.47. The highest BCUT2D eigenvalue weighted by Gasteiger charge is 2.25. The van der Waals surface area contributed by atoms with Crippen molar-refractivity contribution < 1.29 is 9.84 Å². The van der Waals surface area contributed by atoms with Crippen molar-refractivity contribution in [3.63, 3.8) is 0 Å². The lowest BCUT2D eigenvalue weighted by atomic mass is 10.0. The molecule has 3 rings (SSSR count). The Morgan fingerprint density at radius 1 is 1.24 bits per heavy atom. The van der Waals surface area contributed by atoms with Crippen LogP contribution in [0.4, 0.5) is 0 Å². The minimum absolute atomic E-state index is 0.314. The second kappa shape index (κ2) is 8.45. The van der Waals surface area contributed by atoms with Crippen LogP contribution in [0, 0.1) is 13.8 Å². The van der Waals surface area contributed by atoms with Gasteiger partial charge in [-0.25, -0.2) is 9.67 Å². The van der Waals surface area contributed by atoms with Gasteiger partial charge in [0.1, 0.15) is 30.1 Å². The third kappa shape index (κ3) is 5.03. The average Bonchev–Trinajstić information content (AvgIpc) is 2.93. The highest BCUT2D eigenvalue weighted by atomic mass is 16.5. The first-order chi connectivity index (χ1) is 12.1. The number of aromatic nitrogens is 3. The van der Waals surface area contributed by atoms with Crippen molar-refractivity contribution in [2.45, 2.75) is 51.8 Å². The molecule has 6 heteroatoms. The van der Waals surface area contributed by atoms with Gasteiger partial charge in [0.2, 0.25) is 0 Å². The molecule has 0 saturated carbocycles. The summed E-state index contributed by atoms with van der Waals surface area (Å²) in [6.07, 6.45) is 3.03. The monoisotopic (exact) mass is 344 g/mol. The molecule has 2 aromatic rings. The maximum absolute atomic E-state index is 10.4. The van der Waals surface area contributed by atoms with E-state index in [1.54, 1.807) is 0 Å². The van der Waals surface area contributed by atoms with E-state index in [1.165, 1.54) is 12.8 Å². The zero-order valence-corrected chi connectivity index (χ0v) is 15.1. The first-order valence-corrected chi connectivity index (χ1v) is 9.10. The number of nitrogens with zero attached hydrogens (tertiary/aromatic N) is 4. The van der Waals surface area contributed by atoms with Crippen LogP contribution in [0.1, 0.15) is 30.9 Å². The van der Waals surface area contributed by atoms with Crippen LogP contribution in [0.25, 0.3) is 0 Å². The number of aliphatic hydroxyl groups excluding tert-OH is 1. The number of ether oxygens (including phenoxy) is 1. The van der Waals surface area contributed by atoms with Crippen LogP contribution in [0.15, 0.2) is 30.3 Å². The molecule has 6 nitrogen and oxygen atoms in total. The molecule has 1 aromatic carbocycles. The van der Waals surface area contributed by atoms with Gasteiger partial charge in [0, 0.05) is 12.6 Å². The molecular weight excluding hydrogens is 316 g/mol. The van der Waals surface area contributed by atoms with Gasteiger partial charge in [0.05, 0.1) is 6.54 Å². The van der Waals surface area contributed by atoms with Gasteiger partial charge in [-0.2, -0.15) is 5.10 Å². The van der Waals surface area contributed by atoms with E-state index >= 15 is 0 Å². The Labute approximate surface area is 149 Å². The van der Waals surface area contributed by atoms with E-state index in [0.717, 1.165) is 36.9 Å². The van der Waals surface area contributed by atoms with Crippen molar-refractivity contribution in [1.29, 1.82) is 0 Å². The topological polar surface area (TPSA) is 63.4 Å². The Morgan fingerprint density at radius 2 is 2.04 bits per heavy atom. The molecule has 0 bridgehead atoms. The summed E-state index contributed by atoms with van der Waals surface area (Å²) in [6, 6.07) is 10.0. The van der Waals surface area contributed by atoms with Crippen LogP contribution < -0.4 is 4.74 Å². The standard InChI is InChI=1S/C19H28N4O2/c1-15-20-16(2)23(21-15)12-17-8-6-7-11-22(17)13-18(24)14-25-19-9-4-3-5-10-19/h3-5,9-10,17-18,24H,6-8,11-14H2,1-2H3. The number of aryl methyl sites for hydroxylation is 2. The molecule has 1 aromatic heterocycles. The number of β-amino-alcohol motifs (C(OH)–C–C–N with tert-alkyl or cyclic N) is 1. The molecule has 2 unspecified atom stereocenters. The number of rotatable bonds is 7. The van der Waals surface area contributed by atoms with E-state index in [2.05, 4.69) is 15.0 Å². The SMILES string of the molecule is Cc1nc(C)n(CC2CCCCN2CC(O)COc2ccccc2)n1. The van der Waals surface area contributed by atoms with Crippen LogP contribution in [-0.4, -0.2) is 56.6 Å². The molecule has 0 radical (unpaired) electrons. The summed E-state index contributed by atoms with van der Waals surface area (Å²) < 4.78 is 7.67. The molecule has 0 spiro atoms. The molecule has 1 saturated heterocycles. The Balaban J connectivity index is 1.54. The van der Waals surface area contributed by atoms with Crippen molar-refractivity contribution in [2.75, 3.05) is 19.7 Å². The van der Waals surface area contributed by atoms with E-state index in [1.807, 2.05) is 48.9 Å². The first kappa shape index (κ1) is 17.9. The summed E-state index contributed by atoms with van der Waals surface area (Å²) in [5.41, 5.74) is 0. The zero-order chi connectivity index (χ0) is 17.6. The van der Waals surface area contributed by atoms with Crippen molar-refractivity contribution >= 4 is 0 Å². The number of aliphatic hydroxyl groups is 1. The number of hydrogen-bond donors (Lipinski definition) is 1. The lowest BCUT2D eigenvalue weighted by Gasteiger charge is -2.36. The summed E-state index contributed by atoms with van der Waals surface area (Å²) >= 11 is 0. The average molecular weight is 344 g/mol. The van der Waals surface area contributed by atoms with Gasteiger partial charge >= 0.3 is 0 Å². The smallest absolute Gasteiger partial charge is 0.147 e. The van der Waals surface area contributed by atoms with Gasteiger partial charge in [-0.1, -0.05) is 24.6 Å². The summed E-state index contributed by atoms with van der Waals surface area (Å²) in [5.74, 6) is 2.57. The number of likely N-dealkylation sites (tertiary alicyclic amines) is 1. The van der Waals surface area contributed by atoms with Crippen molar-refractivity contribution in [1.82, 2.24) is 19.7 Å². The van der Waals surface area contributed by atoms with E-state index in [9.17, 15) is 5.11 Å². The Hall–Kier alpha value is -1.92. The van der Waals surface area contributed by atoms with Gasteiger partial charge in [-0.15, -0.1) is 0 Å². The van der Waals surface area contributed by atoms with Gasteiger partial charge in [-0.05, 0) is 45.4 Å². The zero-order valence-electron chi connectivity index (χ0n) is 15.1. The Kier molecular flexibility index (Phi) is 6.04. The second-order valence-electron chi connectivity index (χ2n) is 6.81. The van der Waals surface area contributed by atoms with Gasteiger partial charge in [-0.3, -0.25) is 4.90 Å². The highest BCUT2D eigenvalue weighted by Crippen LogP contribution is 2.19. The lowest BCUT2D eigenvalue weighted by molar-refractivity contribution is 0.0343. The van der Waals surface area contributed by atoms with Crippen LogP contribution in [0.3, 0.4) is 0 Å². The number of hydrogen-bond acceptors (Lipinski definition) is 5.